The molecule has 0 aliphatic carbocycles. The third-order valence-corrected chi connectivity index (χ3v) is 4.59. The highest BCUT2D eigenvalue weighted by atomic mass is 19.4. The van der Waals surface area contributed by atoms with E-state index in [1.54, 1.807) is 0 Å². The van der Waals surface area contributed by atoms with E-state index < -0.39 is 17.8 Å². The van der Waals surface area contributed by atoms with Crippen molar-refractivity contribution in [3.05, 3.63) is 60.2 Å². The van der Waals surface area contributed by atoms with Crippen LogP contribution in [-0.2, 0) is 6.18 Å². The number of rotatable bonds is 3. The first-order chi connectivity index (χ1) is 12.4. The summed E-state index contributed by atoms with van der Waals surface area (Å²) >= 11 is 0. The summed E-state index contributed by atoms with van der Waals surface area (Å²) in [6, 6.07) is 14.4. The van der Waals surface area contributed by atoms with Crippen molar-refractivity contribution >= 4 is 17.5 Å². The van der Waals surface area contributed by atoms with Crippen LogP contribution in [0.25, 0.3) is 0 Å². The van der Waals surface area contributed by atoms with Gasteiger partial charge in [0.2, 0.25) is 0 Å². The third kappa shape index (κ3) is 3.92. The fraction of sp³-hybridized carbons (Fsp3) is 0.316. The van der Waals surface area contributed by atoms with Crippen molar-refractivity contribution in [3.8, 4) is 0 Å². The molecule has 1 saturated heterocycles. The number of carboxylic acid groups (broad SMARTS) is 1. The lowest BCUT2D eigenvalue weighted by Crippen LogP contribution is -2.49. The van der Waals surface area contributed by atoms with Crippen molar-refractivity contribution in [2.75, 3.05) is 18.0 Å². The van der Waals surface area contributed by atoms with Gasteiger partial charge in [0.15, 0.2) is 0 Å². The molecule has 7 heteroatoms. The number of carbonyl (C=O) groups is 1. The Balaban J connectivity index is 1.89. The lowest BCUT2D eigenvalue weighted by atomic mass is 10.0. The Hall–Kier alpha value is -2.70. The smallest absolute Gasteiger partial charge is 0.416 e. The van der Waals surface area contributed by atoms with E-state index in [9.17, 15) is 23.1 Å². The summed E-state index contributed by atoms with van der Waals surface area (Å²) in [6.07, 6.45) is -4.42. The van der Waals surface area contributed by atoms with Gasteiger partial charge in [-0.3, -0.25) is 0 Å². The van der Waals surface area contributed by atoms with Gasteiger partial charge in [0.05, 0.1) is 5.56 Å². The number of alkyl halides is 3. The molecular formula is C19H18F3N2O2-. The van der Waals surface area contributed by atoms with Gasteiger partial charge >= 0.3 is 6.18 Å². The zero-order valence-corrected chi connectivity index (χ0v) is 13.9. The predicted octanol–water partition coefficient (Wildman–Crippen LogP) is 3.65. The standard InChI is InChI=1S/C19H19F3N2O2/c20-19(21,22)14-6-8-16(9-7-14)24(15-4-2-1-3-5-15)17-10-12-23(13-11-17)18(25)26/h1-9,17H,10-13H2,(H,25,26)/p-1. The van der Waals surface area contributed by atoms with Crippen molar-refractivity contribution in [2.45, 2.75) is 25.1 Å². The molecule has 3 rings (SSSR count). The predicted molar refractivity (Wildman–Crippen MR) is 90.0 cm³/mol. The van der Waals surface area contributed by atoms with Crippen LogP contribution < -0.4 is 10.0 Å². The molecule has 2 aromatic rings. The van der Waals surface area contributed by atoms with Gasteiger partial charge in [-0.15, -0.1) is 0 Å². The minimum absolute atomic E-state index is 0.00950. The number of hydrogen-bond acceptors (Lipinski definition) is 3. The summed E-state index contributed by atoms with van der Waals surface area (Å²) in [7, 11) is 0. The summed E-state index contributed by atoms with van der Waals surface area (Å²) in [6.45, 7) is 0.688. The molecule has 2 aromatic carbocycles. The Morgan fingerprint density at radius 3 is 2.00 bits per heavy atom. The summed E-state index contributed by atoms with van der Waals surface area (Å²) in [4.78, 5) is 14.2. The molecule has 1 aliphatic heterocycles. The van der Waals surface area contributed by atoms with Gasteiger partial charge in [-0.1, -0.05) is 18.2 Å². The van der Waals surface area contributed by atoms with E-state index >= 15 is 0 Å². The van der Waals surface area contributed by atoms with Crippen LogP contribution in [0.3, 0.4) is 0 Å². The van der Waals surface area contributed by atoms with Crippen LogP contribution >= 0.6 is 0 Å². The molecule has 0 N–H and O–H groups in total. The number of carbonyl (C=O) groups excluding carboxylic acids is 1. The second kappa shape index (κ2) is 7.27. The first kappa shape index (κ1) is 18.1. The molecule has 1 fully saturated rings. The van der Waals surface area contributed by atoms with E-state index in [0.29, 0.717) is 31.6 Å². The number of hydrogen-bond donors (Lipinski definition) is 0. The molecule has 0 unspecified atom stereocenters. The SMILES string of the molecule is O=C([O-])N1CCC(N(c2ccccc2)c2ccc(C(F)(F)F)cc2)CC1. The molecular weight excluding hydrogens is 345 g/mol. The van der Waals surface area contributed by atoms with Crippen molar-refractivity contribution < 1.29 is 23.1 Å². The molecule has 0 atom stereocenters. The van der Waals surface area contributed by atoms with Crippen molar-refractivity contribution in [1.82, 2.24) is 4.90 Å². The third-order valence-electron chi connectivity index (χ3n) is 4.59. The number of halogens is 3. The zero-order valence-electron chi connectivity index (χ0n) is 13.9. The summed E-state index contributed by atoms with van der Waals surface area (Å²) in [5, 5.41) is 11.0. The Morgan fingerprint density at radius 2 is 1.50 bits per heavy atom. The minimum Gasteiger partial charge on any atom is -0.530 e. The van der Waals surface area contributed by atoms with E-state index in [-0.39, 0.29) is 6.04 Å². The van der Waals surface area contributed by atoms with Crippen LogP contribution in [0.4, 0.5) is 29.3 Å². The molecule has 26 heavy (non-hydrogen) atoms. The van der Waals surface area contributed by atoms with Gasteiger partial charge in [-0.2, -0.15) is 13.2 Å². The second-order valence-corrected chi connectivity index (χ2v) is 6.23. The Bertz CT molecular complexity index is 740. The first-order valence-corrected chi connectivity index (χ1v) is 8.34. The molecule has 0 radical (unpaired) electrons. The highest BCUT2D eigenvalue weighted by Crippen LogP contribution is 2.35. The van der Waals surface area contributed by atoms with Gasteiger partial charge < -0.3 is 19.7 Å². The molecule has 1 heterocycles. The Morgan fingerprint density at radius 1 is 0.962 bits per heavy atom. The van der Waals surface area contributed by atoms with Gasteiger partial charge in [0.25, 0.3) is 0 Å². The Kier molecular flexibility index (Phi) is 5.06. The molecule has 4 nitrogen and oxygen atoms in total. The van der Waals surface area contributed by atoms with Crippen molar-refractivity contribution in [3.63, 3.8) is 0 Å². The molecule has 1 amide bonds. The number of anilines is 2. The van der Waals surface area contributed by atoms with Gasteiger partial charge in [-0.25, -0.2) is 0 Å². The molecule has 1 aliphatic rings. The van der Waals surface area contributed by atoms with E-state index in [0.717, 1.165) is 17.8 Å². The van der Waals surface area contributed by atoms with Crippen LogP contribution in [0.1, 0.15) is 18.4 Å². The highest BCUT2D eigenvalue weighted by molar-refractivity contribution is 5.65. The normalized spacial score (nSPS) is 15.7. The lowest BCUT2D eigenvalue weighted by Gasteiger charge is -2.40. The second-order valence-electron chi connectivity index (χ2n) is 6.23. The number of nitrogens with zero attached hydrogens (tertiary/aromatic N) is 2. The largest absolute Gasteiger partial charge is 0.530 e. The van der Waals surface area contributed by atoms with Crippen LogP contribution in [-0.4, -0.2) is 30.1 Å². The van der Waals surface area contributed by atoms with E-state index in [4.69, 9.17) is 0 Å². The first-order valence-electron chi connectivity index (χ1n) is 8.34. The maximum Gasteiger partial charge on any atom is 0.416 e. The van der Waals surface area contributed by atoms with Crippen LogP contribution in [0.2, 0.25) is 0 Å². The van der Waals surface area contributed by atoms with E-state index in [2.05, 4.69) is 0 Å². The van der Waals surface area contributed by atoms with Crippen LogP contribution in [0, 0.1) is 0 Å². The summed E-state index contributed by atoms with van der Waals surface area (Å²) < 4.78 is 38.5. The van der Waals surface area contributed by atoms with Gasteiger partial charge in [0, 0.05) is 30.5 Å². The fourth-order valence-electron chi connectivity index (χ4n) is 3.28. The van der Waals surface area contributed by atoms with Crippen LogP contribution in [0.15, 0.2) is 54.6 Å². The quantitative estimate of drug-likeness (QED) is 0.836. The average Bonchev–Trinajstić information content (AvgIpc) is 2.63. The number of likely N-dealkylation sites (tertiary alicyclic amines) is 1. The van der Waals surface area contributed by atoms with Crippen LogP contribution in [0.5, 0.6) is 0 Å². The highest BCUT2D eigenvalue weighted by Gasteiger charge is 2.31. The number of piperidine rings is 1. The van der Waals surface area contributed by atoms with Crippen molar-refractivity contribution in [2.24, 2.45) is 0 Å². The maximum absolute atomic E-state index is 12.8. The zero-order chi connectivity index (χ0) is 18.7. The molecule has 138 valence electrons. The molecule has 0 saturated carbocycles. The topological polar surface area (TPSA) is 46.6 Å². The Labute approximate surface area is 149 Å². The molecule has 0 spiro atoms. The van der Waals surface area contributed by atoms with Gasteiger partial charge in [-0.05, 0) is 49.2 Å². The van der Waals surface area contributed by atoms with E-state index in [1.807, 2.05) is 35.2 Å². The van der Waals surface area contributed by atoms with Crippen molar-refractivity contribution in [1.29, 1.82) is 0 Å². The number of benzene rings is 2. The molecule has 0 aromatic heterocycles. The summed E-state index contributed by atoms with van der Waals surface area (Å²) in [5.74, 6) is 0. The lowest BCUT2D eigenvalue weighted by molar-refractivity contribution is -0.266. The number of para-hydroxylation sites is 1. The minimum atomic E-state index is -4.38. The summed E-state index contributed by atoms with van der Waals surface area (Å²) in [5.41, 5.74) is 0.816. The molecule has 0 bridgehead atoms. The van der Waals surface area contributed by atoms with E-state index in [1.165, 1.54) is 17.0 Å². The van der Waals surface area contributed by atoms with Gasteiger partial charge in [0.1, 0.15) is 6.09 Å². The average molecular weight is 363 g/mol. The maximum atomic E-state index is 12.8. The monoisotopic (exact) mass is 363 g/mol. The number of amides is 1. The fourth-order valence-corrected chi connectivity index (χ4v) is 3.28.